The molecule has 0 heterocycles. The van der Waals surface area contributed by atoms with Crippen molar-refractivity contribution in [3.8, 4) is 5.75 Å². The van der Waals surface area contributed by atoms with Crippen LogP contribution in [-0.2, 0) is 0 Å². The maximum absolute atomic E-state index is 12.0. The summed E-state index contributed by atoms with van der Waals surface area (Å²) in [5.41, 5.74) is 0.503. The number of benzene rings is 1. The van der Waals surface area contributed by atoms with Gasteiger partial charge in [0.05, 0.1) is 11.8 Å². The van der Waals surface area contributed by atoms with E-state index in [0.717, 1.165) is 0 Å². The number of aliphatic hydroxyl groups is 1. The molecule has 2 amide bonds. The molecular formula is C16H26N2O3. The lowest BCUT2D eigenvalue weighted by Crippen LogP contribution is -2.37. The SMILES string of the molecule is CC(C)Oc1ccccc1NC(=O)NCC(C)(C)CCO. The standard InChI is InChI=1S/C16H26N2O3/c1-12(2)21-14-8-6-5-7-13(14)18-15(20)17-11-16(3,4)9-10-19/h5-8,12,19H,9-11H2,1-4H3,(H2,17,18,20). The normalized spacial score (nSPS) is 11.3. The van der Waals surface area contributed by atoms with Crippen molar-refractivity contribution in [3.05, 3.63) is 24.3 Å². The number of amides is 2. The van der Waals surface area contributed by atoms with Crippen molar-refractivity contribution in [2.45, 2.75) is 40.2 Å². The van der Waals surface area contributed by atoms with E-state index >= 15 is 0 Å². The number of carbonyl (C=O) groups excluding carboxylic acids is 1. The number of para-hydroxylation sites is 2. The number of ether oxygens (including phenoxy) is 1. The Labute approximate surface area is 126 Å². The van der Waals surface area contributed by atoms with Crippen LogP contribution in [0.4, 0.5) is 10.5 Å². The lowest BCUT2D eigenvalue weighted by atomic mass is 9.90. The molecule has 0 aliphatic heterocycles. The van der Waals surface area contributed by atoms with E-state index in [1.807, 2.05) is 45.9 Å². The quantitative estimate of drug-likeness (QED) is 0.724. The smallest absolute Gasteiger partial charge is 0.319 e. The van der Waals surface area contributed by atoms with Crippen LogP contribution in [0.3, 0.4) is 0 Å². The zero-order valence-corrected chi connectivity index (χ0v) is 13.3. The molecule has 0 unspecified atom stereocenters. The first-order valence-electron chi connectivity index (χ1n) is 7.25. The van der Waals surface area contributed by atoms with Crippen molar-refractivity contribution in [3.63, 3.8) is 0 Å². The first kappa shape index (κ1) is 17.3. The van der Waals surface area contributed by atoms with Gasteiger partial charge in [0, 0.05) is 13.2 Å². The Morgan fingerprint density at radius 2 is 2.00 bits per heavy atom. The molecule has 118 valence electrons. The average molecular weight is 294 g/mol. The fourth-order valence-corrected chi connectivity index (χ4v) is 1.80. The van der Waals surface area contributed by atoms with Crippen LogP contribution in [0.25, 0.3) is 0 Å². The number of rotatable bonds is 7. The largest absolute Gasteiger partial charge is 0.489 e. The van der Waals surface area contributed by atoms with E-state index in [-0.39, 0.29) is 24.2 Å². The molecular weight excluding hydrogens is 268 g/mol. The van der Waals surface area contributed by atoms with Gasteiger partial charge < -0.3 is 20.5 Å². The van der Waals surface area contributed by atoms with Gasteiger partial charge in [0.15, 0.2) is 0 Å². The van der Waals surface area contributed by atoms with Crippen LogP contribution in [0.1, 0.15) is 34.1 Å². The molecule has 0 bridgehead atoms. The van der Waals surface area contributed by atoms with Gasteiger partial charge in [0.1, 0.15) is 5.75 Å². The molecule has 3 N–H and O–H groups in total. The maximum Gasteiger partial charge on any atom is 0.319 e. The van der Waals surface area contributed by atoms with Crippen molar-refractivity contribution < 1.29 is 14.6 Å². The van der Waals surface area contributed by atoms with Gasteiger partial charge in [-0.3, -0.25) is 0 Å². The molecule has 0 spiro atoms. The minimum atomic E-state index is -0.277. The first-order chi connectivity index (χ1) is 9.84. The van der Waals surface area contributed by atoms with Gasteiger partial charge in [0.25, 0.3) is 0 Å². The van der Waals surface area contributed by atoms with Crippen molar-refractivity contribution in [2.24, 2.45) is 5.41 Å². The number of hydrogen-bond donors (Lipinski definition) is 3. The second kappa shape index (κ2) is 7.88. The van der Waals surface area contributed by atoms with Crippen molar-refractivity contribution in [1.82, 2.24) is 5.32 Å². The fourth-order valence-electron chi connectivity index (χ4n) is 1.80. The van der Waals surface area contributed by atoms with Crippen LogP contribution in [-0.4, -0.2) is 30.4 Å². The number of urea groups is 1. The molecule has 0 saturated carbocycles. The van der Waals surface area contributed by atoms with Gasteiger partial charge in [0.2, 0.25) is 0 Å². The second-order valence-electron chi connectivity index (χ2n) is 6.11. The molecule has 1 aromatic carbocycles. The molecule has 0 radical (unpaired) electrons. The Kier molecular flexibility index (Phi) is 6.49. The third-order valence-corrected chi connectivity index (χ3v) is 3.01. The Bertz CT molecular complexity index is 459. The number of nitrogens with one attached hydrogen (secondary N) is 2. The molecule has 1 aromatic rings. The number of carbonyl (C=O) groups is 1. The Morgan fingerprint density at radius 3 is 2.62 bits per heavy atom. The summed E-state index contributed by atoms with van der Waals surface area (Å²) in [4.78, 5) is 12.0. The molecule has 0 atom stereocenters. The fraction of sp³-hybridized carbons (Fsp3) is 0.562. The molecule has 1 rings (SSSR count). The van der Waals surface area contributed by atoms with Crippen LogP contribution in [0.5, 0.6) is 5.75 Å². The minimum Gasteiger partial charge on any atom is -0.489 e. The maximum atomic E-state index is 12.0. The molecule has 21 heavy (non-hydrogen) atoms. The second-order valence-corrected chi connectivity index (χ2v) is 6.11. The van der Waals surface area contributed by atoms with E-state index in [2.05, 4.69) is 10.6 Å². The lowest BCUT2D eigenvalue weighted by Gasteiger charge is -2.24. The zero-order valence-electron chi connectivity index (χ0n) is 13.3. The highest BCUT2D eigenvalue weighted by molar-refractivity contribution is 5.90. The third kappa shape index (κ3) is 6.49. The van der Waals surface area contributed by atoms with Crippen LogP contribution in [0.2, 0.25) is 0 Å². The molecule has 0 aliphatic rings. The highest BCUT2D eigenvalue weighted by Gasteiger charge is 2.18. The van der Waals surface area contributed by atoms with Gasteiger partial charge >= 0.3 is 6.03 Å². The summed E-state index contributed by atoms with van der Waals surface area (Å²) in [5, 5.41) is 14.6. The molecule has 5 nitrogen and oxygen atoms in total. The molecule has 0 saturated heterocycles. The Balaban J connectivity index is 2.59. The molecule has 5 heteroatoms. The Hall–Kier alpha value is -1.75. The predicted molar refractivity (Wildman–Crippen MR) is 84.7 cm³/mol. The first-order valence-corrected chi connectivity index (χ1v) is 7.25. The molecule has 0 aromatic heterocycles. The van der Waals surface area contributed by atoms with E-state index in [1.165, 1.54) is 0 Å². The van der Waals surface area contributed by atoms with Crippen molar-refractivity contribution in [1.29, 1.82) is 0 Å². The number of aliphatic hydroxyl groups excluding tert-OH is 1. The van der Waals surface area contributed by atoms with Gasteiger partial charge in [-0.1, -0.05) is 26.0 Å². The average Bonchev–Trinajstić information content (AvgIpc) is 2.38. The van der Waals surface area contributed by atoms with Crippen LogP contribution in [0, 0.1) is 5.41 Å². The monoisotopic (exact) mass is 294 g/mol. The highest BCUT2D eigenvalue weighted by Crippen LogP contribution is 2.25. The summed E-state index contributed by atoms with van der Waals surface area (Å²) in [5.74, 6) is 0.650. The zero-order chi connectivity index (χ0) is 15.9. The van der Waals surface area contributed by atoms with E-state index in [4.69, 9.17) is 9.84 Å². The highest BCUT2D eigenvalue weighted by atomic mass is 16.5. The van der Waals surface area contributed by atoms with E-state index in [0.29, 0.717) is 24.4 Å². The number of anilines is 1. The van der Waals surface area contributed by atoms with E-state index < -0.39 is 0 Å². The van der Waals surface area contributed by atoms with Crippen LogP contribution >= 0.6 is 0 Å². The van der Waals surface area contributed by atoms with E-state index in [9.17, 15) is 4.79 Å². The summed E-state index contributed by atoms with van der Waals surface area (Å²) >= 11 is 0. The Morgan fingerprint density at radius 1 is 1.33 bits per heavy atom. The topological polar surface area (TPSA) is 70.6 Å². The molecule has 0 aliphatic carbocycles. The van der Waals surface area contributed by atoms with Gasteiger partial charge in [-0.25, -0.2) is 4.79 Å². The third-order valence-electron chi connectivity index (χ3n) is 3.01. The van der Waals surface area contributed by atoms with Crippen LogP contribution < -0.4 is 15.4 Å². The van der Waals surface area contributed by atoms with Gasteiger partial charge in [-0.15, -0.1) is 0 Å². The molecule has 0 fully saturated rings. The summed E-state index contributed by atoms with van der Waals surface area (Å²) in [7, 11) is 0. The van der Waals surface area contributed by atoms with Crippen molar-refractivity contribution >= 4 is 11.7 Å². The summed E-state index contributed by atoms with van der Waals surface area (Å²) in [6.45, 7) is 8.48. The van der Waals surface area contributed by atoms with Crippen LogP contribution in [0.15, 0.2) is 24.3 Å². The summed E-state index contributed by atoms with van der Waals surface area (Å²) in [6.07, 6.45) is 0.680. The lowest BCUT2D eigenvalue weighted by molar-refractivity contribution is 0.204. The van der Waals surface area contributed by atoms with Gasteiger partial charge in [-0.05, 0) is 37.8 Å². The summed E-state index contributed by atoms with van der Waals surface area (Å²) in [6, 6.07) is 7.06. The summed E-state index contributed by atoms with van der Waals surface area (Å²) < 4.78 is 5.65. The van der Waals surface area contributed by atoms with E-state index in [1.54, 1.807) is 6.07 Å². The predicted octanol–water partition coefficient (Wildman–Crippen LogP) is 3.00. The van der Waals surface area contributed by atoms with Gasteiger partial charge in [-0.2, -0.15) is 0 Å². The minimum absolute atomic E-state index is 0.0412. The number of hydrogen-bond acceptors (Lipinski definition) is 3. The van der Waals surface area contributed by atoms with Crippen molar-refractivity contribution in [2.75, 3.05) is 18.5 Å².